The van der Waals surface area contributed by atoms with Gasteiger partial charge in [0.15, 0.2) is 0 Å². The van der Waals surface area contributed by atoms with Crippen LogP contribution in [0.3, 0.4) is 0 Å². The lowest BCUT2D eigenvalue weighted by molar-refractivity contribution is 0.122. The lowest BCUT2D eigenvalue weighted by Gasteiger charge is -2.19. The molecule has 1 aliphatic heterocycles. The second kappa shape index (κ2) is 8.13. The van der Waals surface area contributed by atoms with Gasteiger partial charge in [0.05, 0.1) is 19.4 Å². The maximum absolute atomic E-state index is 12.3. The van der Waals surface area contributed by atoms with Gasteiger partial charge in [-0.2, -0.15) is 5.10 Å². The SMILES string of the molecule is CN1CCOC[C@@H](CNC(=O)Nc2c(-c3ccccc3)cnn2C)C1. The molecule has 7 nitrogen and oxygen atoms in total. The van der Waals surface area contributed by atoms with Crippen LogP contribution in [0.15, 0.2) is 36.5 Å². The smallest absolute Gasteiger partial charge is 0.320 e. The van der Waals surface area contributed by atoms with E-state index in [0.717, 1.165) is 30.8 Å². The minimum Gasteiger partial charge on any atom is -0.380 e. The number of carbonyl (C=O) groups excluding carboxylic acids is 1. The van der Waals surface area contributed by atoms with Gasteiger partial charge in [0.1, 0.15) is 5.82 Å². The molecular weight excluding hydrogens is 318 g/mol. The van der Waals surface area contributed by atoms with E-state index in [2.05, 4.69) is 27.7 Å². The summed E-state index contributed by atoms with van der Waals surface area (Å²) in [4.78, 5) is 14.6. The molecule has 134 valence electrons. The van der Waals surface area contributed by atoms with E-state index in [1.54, 1.807) is 10.9 Å². The molecule has 2 heterocycles. The van der Waals surface area contributed by atoms with Crippen molar-refractivity contribution in [1.29, 1.82) is 0 Å². The van der Waals surface area contributed by atoms with E-state index in [4.69, 9.17) is 4.74 Å². The molecule has 0 spiro atoms. The first kappa shape index (κ1) is 17.4. The Balaban J connectivity index is 1.61. The Hall–Kier alpha value is -2.38. The third-order valence-electron chi connectivity index (χ3n) is 4.35. The van der Waals surface area contributed by atoms with Gasteiger partial charge in [-0.1, -0.05) is 30.3 Å². The van der Waals surface area contributed by atoms with Crippen molar-refractivity contribution in [3.63, 3.8) is 0 Å². The minimum absolute atomic E-state index is 0.229. The number of aromatic nitrogens is 2. The Bertz CT molecular complexity index is 701. The summed E-state index contributed by atoms with van der Waals surface area (Å²) in [5.41, 5.74) is 1.92. The normalized spacial score (nSPS) is 18.6. The Kier molecular flexibility index (Phi) is 5.67. The van der Waals surface area contributed by atoms with Crippen molar-refractivity contribution in [3.8, 4) is 11.1 Å². The molecular formula is C18H25N5O2. The van der Waals surface area contributed by atoms with Gasteiger partial charge in [-0.25, -0.2) is 4.79 Å². The van der Waals surface area contributed by atoms with Crippen molar-refractivity contribution >= 4 is 11.8 Å². The summed E-state index contributed by atoms with van der Waals surface area (Å²) in [6.07, 6.45) is 1.76. The van der Waals surface area contributed by atoms with Crippen LogP contribution < -0.4 is 10.6 Å². The molecule has 0 bridgehead atoms. The molecule has 3 rings (SSSR count). The van der Waals surface area contributed by atoms with Gasteiger partial charge in [-0.05, 0) is 12.6 Å². The Morgan fingerprint density at radius 2 is 2.12 bits per heavy atom. The molecule has 0 unspecified atom stereocenters. The highest BCUT2D eigenvalue weighted by molar-refractivity contribution is 5.93. The molecule has 2 N–H and O–H groups in total. The number of nitrogens with zero attached hydrogens (tertiary/aromatic N) is 3. The molecule has 0 radical (unpaired) electrons. The highest BCUT2D eigenvalue weighted by Crippen LogP contribution is 2.26. The highest BCUT2D eigenvalue weighted by atomic mass is 16.5. The molecule has 25 heavy (non-hydrogen) atoms. The number of benzene rings is 1. The summed E-state index contributed by atoms with van der Waals surface area (Å²) < 4.78 is 7.26. The van der Waals surface area contributed by atoms with Crippen LogP contribution in [-0.2, 0) is 11.8 Å². The molecule has 2 aromatic rings. The predicted octanol–water partition coefficient (Wildman–Crippen LogP) is 1.79. The number of ether oxygens (including phenoxy) is 1. The first-order chi connectivity index (χ1) is 12.1. The third-order valence-corrected chi connectivity index (χ3v) is 4.35. The third kappa shape index (κ3) is 4.58. The van der Waals surface area contributed by atoms with Crippen LogP contribution in [0.25, 0.3) is 11.1 Å². The van der Waals surface area contributed by atoms with Gasteiger partial charge in [0, 0.05) is 38.2 Å². The molecule has 1 atom stereocenters. The number of carbonyl (C=O) groups is 1. The standard InChI is InChI=1S/C18H25N5O2/c1-22-8-9-25-13-14(12-22)10-19-18(24)21-17-16(11-20-23(17)2)15-6-4-3-5-7-15/h3-7,11,14H,8-10,12-13H2,1-2H3,(H2,19,21,24)/t14-/m0/s1. The number of urea groups is 1. The van der Waals surface area contributed by atoms with Crippen molar-refractivity contribution in [2.45, 2.75) is 0 Å². The molecule has 0 saturated carbocycles. The molecule has 7 heteroatoms. The molecule has 1 aromatic heterocycles. The Morgan fingerprint density at radius 3 is 2.92 bits per heavy atom. The van der Waals surface area contributed by atoms with Gasteiger partial charge in [-0.3, -0.25) is 10.00 Å². The zero-order chi connectivity index (χ0) is 17.6. The van der Waals surface area contributed by atoms with Crippen LogP contribution in [0.2, 0.25) is 0 Å². The predicted molar refractivity (Wildman–Crippen MR) is 97.5 cm³/mol. The fourth-order valence-corrected chi connectivity index (χ4v) is 2.98. The van der Waals surface area contributed by atoms with Crippen molar-refractivity contribution < 1.29 is 9.53 Å². The van der Waals surface area contributed by atoms with Crippen LogP contribution in [-0.4, -0.2) is 60.6 Å². The number of rotatable bonds is 4. The van der Waals surface area contributed by atoms with E-state index in [9.17, 15) is 4.79 Å². The molecule has 1 fully saturated rings. The summed E-state index contributed by atoms with van der Waals surface area (Å²) in [6.45, 7) is 3.84. The number of nitrogens with one attached hydrogen (secondary N) is 2. The fraction of sp³-hybridized carbons (Fsp3) is 0.444. The van der Waals surface area contributed by atoms with E-state index in [0.29, 0.717) is 24.9 Å². The van der Waals surface area contributed by atoms with Gasteiger partial charge < -0.3 is 15.0 Å². The zero-order valence-electron chi connectivity index (χ0n) is 14.7. The number of aryl methyl sites for hydroxylation is 1. The fourth-order valence-electron chi connectivity index (χ4n) is 2.98. The molecule has 2 amide bonds. The monoisotopic (exact) mass is 343 g/mol. The molecule has 1 saturated heterocycles. The summed E-state index contributed by atoms with van der Waals surface area (Å²) in [7, 11) is 3.89. The Labute approximate surface area is 148 Å². The van der Waals surface area contributed by atoms with Crippen molar-refractivity contribution in [3.05, 3.63) is 36.5 Å². The van der Waals surface area contributed by atoms with E-state index in [1.165, 1.54) is 0 Å². The van der Waals surface area contributed by atoms with Crippen LogP contribution >= 0.6 is 0 Å². The number of amides is 2. The van der Waals surface area contributed by atoms with Gasteiger partial charge in [0.25, 0.3) is 0 Å². The van der Waals surface area contributed by atoms with Crippen LogP contribution in [0, 0.1) is 5.92 Å². The summed E-state index contributed by atoms with van der Waals surface area (Å²) in [6, 6.07) is 9.67. The van der Waals surface area contributed by atoms with E-state index in [1.807, 2.05) is 37.4 Å². The van der Waals surface area contributed by atoms with Crippen LogP contribution in [0.4, 0.5) is 10.6 Å². The number of anilines is 1. The first-order valence-electron chi connectivity index (χ1n) is 8.52. The molecule has 1 aromatic carbocycles. The lowest BCUT2D eigenvalue weighted by atomic mass is 10.1. The molecule has 1 aliphatic rings. The molecule has 0 aliphatic carbocycles. The first-order valence-corrected chi connectivity index (χ1v) is 8.52. The van der Waals surface area contributed by atoms with Crippen LogP contribution in [0.5, 0.6) is 0 Å². The number of likely N-dealkylation sites (N-methyl/N-ethyl adjacent to an activating group) is 1. The summed E-state index contributed by atoms with van der Waals surface area (Å²) >= 11 is 0. The maximum atomic E-state index is 12.3. The maximum Gasteiger partial charge on any atom is 0.320 e. The largest absolute Gasteiger partial charge is 0.380 e. The number of hydrogen-bond donors (Lipinski definition) is 2. The minimum atomic E-state index is -0.229. The van der Waals surface area contributed by atoms with E-state index >= 15 is 0 Å². The quantitative estimate of drug-likeness (QED) is 0.888. The second-order valence-electron chi connectivity index (χ2n) is 6.43. The van der Waals surface area contributed by atoms with Crippen LogP contribution in [0.1, 0.15) is 0 Å². The highest BCUT2D eigenvalue weighted by Gasteiger charge is 2.18. The average molecular weight is 343 g/mol. The van der Waals surface area contributed by atoms with Crippen molar-refractivity contribution in [2.24, 2.45) is 13.0 Å². The van der Waals surface area contributed by atoms with Crippen molar-refractivity contribution in [2.75, 3.05) is 45.2 Å². The Morgan fingerprint density at radius 1 is 1.32 bits per heavy atom. The van der Waals surface area contributed by atoms with Crippen molar-refractivity contribution in [1.82, 2.24) is 20.0 Å². The van der Waals surface area contributed by atoms with E-state index < -0.39 is 0 Å². The lowest BCUT2D eigenvalue weighted by Crippen LogP contribution is -2.38. The van der Waals surface area contributed by atoms with E-state index in [-0.39, 0.29) is 6.03 Å². The zero-order valence-corrected chi connectivity index (χ0v) is 14.7. The summed E-state index contributed by atoms with van der Waals surface area (Å²) in [5, 5.41) is 10.1. The number of hydrogen-bond acceptors (Lipinski definition) is 4. The van der Waals surface area contributed by atoms with Gasteiger partial charge in [-0.15, -0.1) is 0 Å². The summed E-state index contributed by atoms with van der Waals surface area (Å²) in [5.74, 6) is 0.969. The topological polar surface area (TPSA) is 71.4 Å². The van der Waals surface area contributed by atoms with Gasteiger partial charge >= 0.3 is 6.03 Å². The van der Waals surface area contributed by atoms with Gasteiger partial charge in [0.2, 0.25) is 0 Å². The second-order valence-corrected chi connectivity index (χ2v) is 6.43. The average Bonchev–Trinajstić information content (AvgIpc) is 2.84.